The van der Waals surface area contributed by atoms with Crippen molar-refractivity contribution in [1.82, 2.24) is 4.98 Å². The van der Waals surface area contributed by atoms with Crippen molar-refractivity contribution in [2.45, 2.75) is 127 Å². The Balaban J connectivity index is 1.22. The van der Waals surface area contributed by atoms with Crippen LogP contribution in [0.2, 0.25) is 0 Å². The zero-order chi connectivity index (χ0) is 30.7. The van der Waals surface area contributed by atoms with Gasteiger partial charge in [0, 0.05) is 24.2 Å². The number of aliphatic hydroxyl groups excluding tert-OH is 2. The van der Waals surface area contributed by atoms with Gasteiger partial charge in [-0.2, -0.15) is 0 Å². The lowest BCUT2D eigenvalue weighted by atomic mass is 9.80. The van der Waals surface area contributed by atoms with Crippen LogP contribution in [0.5, 0.6) is 0 Å². The van der Waals surface area contributed by atoms with E-state index in [0.717, 1.165) is 63.5 Å². The summed E-state index contributed by atoms with van der Waals surface area (Å²) in [6.45, 7) is 4.01. The fraction of sp³-hybridized carbons (Fsp3) is 0.694. The number of rotatable bonds is 19. The average molecular weight is 596 g/mol. The summed E-state index contributed by atoms with van der Waals surface area (Å²) >= 11 is 0. The number of aromatic nitrogens is 1. The van der Waals surface area contributed by atoms with Crippen LogP contribution < -0.4 is 0 Å². The Kier molecular flexibility index (Phi) is 13.0. The van der Waals surface area contributed by atoms with Crippen LogP contribution in [0.3, 0.4) is 0 Å². The predicted molar refractivity (Wildman–Crippen MR) is 171 cm³/mol. The molecule has 1 aliphatic heterocycles. The first-order chi connectivity index (χ1) is 20.8. The van der Waals surface area contributed by atoms with Gasteiger partial charge in [0.2, 0.25) is 0 Å². The number of H-pyrrole nitrogens is 1. The molecule has 2 heterocycles. The smallest absolute Gasteiger partial charge is 0.309 e. The number of allylic oxidation sites excluding steroid dienone is 2. The Hall–Kier alpha value is -2.35. The van der Waals surface area contributed by atoms with E-state index in [1.54, 1.807) is 6.54 Å². The van der Waals surface area contributed by atoms with Crippen molar-refractivity contribution in [2.75, 3.05) is 0 Å². The topological polar surface area (TPSA) is 126 Å². The molecule has 0 bridgehead atoms. The number of aliphatic imine (C=N–C) groups is 1. The summed E-state index contributed by atoms with van der Waals surface area (Å²) in [5.74, 6) is -0.743. The third-order valence-electron chi connectivity index (χ3n) is 10.3. The van der Waals surface area contributed by atoms with Gasteiger partial charge < -0.3 is 25.4 Å². The normalized spacial score (nSPS) is 29.9. The number of nitrogens with zero attached hydrogens (tertiary/aromatic N) is 1. The van der Waals surface area contributed by atoms with Gasteiger partial charge in [0.15, 0.2) is 6.21 Å². The standard InChI is InChI=1S/C36H54N2O5/c1-2-3-5-9-26-13-14-29(34(40)22-26)10-6-4-7-12-32(35(41)42)33(39)15-17-36(43)24-28(20-27-16-19-37-25-27)21-30(36)23-31-11-8-18-38-31/h8,11,13-14,16,18-19,25-26,28-30,32-34,38-40,43H,2-7,9-10,12,15,17,20-24H2,1H3/p+1. The summed E-state index contributed by atoms with van der Waals surface area (Å²) in [5.41, 5.74) is 1.33. The van der Waals surface area contributed by atoms with E-state index in [1.807, 2.05) is 30.6 Å². The number of hydrogen-bond acceptors (Lipinski definition) is 5. The number of unbranched alkanes of at least 4 members (excludes halogenated alkanes) is 4. The molecule has 238 valence electrons. The quantitative estimate of drug-likeness (QED) is 0.0683. The lowest BCUT2D eigenvalue weighted by Crippen LogP contribution is -2.37. The van der Waals surface area contributed by atoms with Crippen molar-refractivity contribution in [3.05, 3.63) is 54.4 Å². The minimum Gasteiger partial charge on any atom is -0.481 e. The second-order valence-electron chi connectivity index (χ2n) is 13.7. The van der Waals surface area contributed by atoms with E-state index >= 15 is 0 Å². The fourth-order valence-corrected chi connectivity index (χ4v) is 7.79. The Morgan fingerprint density at radius 1 is 1.12 bits per heavy atom. The monoisotopic (exact) mass is 595 g/mol. The van der Waals surface area contributed by atoms with Gasteiger partial charge in [0.05, 0.1) is 29.8 Å². The molecule has 7 heteroatoms. The first kappa shape index (κ1) is 33.5. The van der Waals surface area contributed by atoms with Crippen molar-refractivity contribution in [3.8, 4) is 0 Å². The van der Waals surface area contributed by atoms with Crippen molar-refractivity contribution in [3.63, 3.8) is 0 Å². The Bertz CT molecular complexity index is 1070. The number of aliphatic carboxylic acids is 1. The molecule has 8 unspecified atom stereocenters. The zero-order valence-corrected chi connectivity index (χ0v) is 26.1. The van der Waals surface area contributed by atoms with Gasteiger partial charge in [-0.15, -0.1) is 4.99 Å². The molecule has 2 aliphatic carbocycles. The van der Waals surface area contributed by atoms with E-state index in [0.29, 0.717) is 31.1 Å². The van der Waals surface area contributed by atoms with Crippen LogP contribution in [0.25, 0.3) is 0 Å². The Morgan fingerprint density at radius 3 is 2.65 bits per heavy atom. The number of aliphatic hydroxyl groups is 3. The Labute approximate surface area is 258 Å². The van der Waals surface area contributed by atoms with E-state index in [4.69, 9.17) is 0 Å². The molecule has 1 aromatic rings. The molecule has 8 atom stereocenters. The molecule has 1 aromatic heterocycles. The lowest BCUT2D eigenvalue weighted by Gasteiger charge is -2.32. The molecule has 0 radical (unpaired) electrons. The van der Waals surface area contributed by atoms with E-state index in [2.05, 4.69) is 29.1 Å². The molecule has 3 aliphatic rings. The molecular weight excluding hydrogens is 540 g/mol. The molecule has 0 aromatic carbocycles. The van der Waals surface area contributed by atoms with Crippen LogP contribution in [0.1, 0.15) is 109 Å². The highest BCUT2D eigenvalue weighted by atomic mass is 16.4. The van der Waals surface area contributed by atoms with Crippen molar-refractivity contribution < 1.29 is 25.2 Å². The van der Waals surface area contributed by atoms with Gasteiger partial charge in [0.1, 0.15) is 12.1 Å². The molecule has 1 saturated carbocycles. The van der Waals surface area contributed by atoms with Gasteiger partial charge in [-0.25, -0.2) is 0 Å². The number of nitrogens with one attached hydrogen (secondary N) is 1. The average Bonchev–Trinajstić information content (AvgIpc) is 3.74. The number of aromatic amines is 1. The third-order valence-corrected chi connectivity index (χ3v) is 10.3. The summed E-state index contributed by atoms with van der Waals surface area (Å²) in [4.78, 5) is 19.6. The summed E-state index contributed by atoms with van der Waals surface area (Å²) < 4.78 is 0. The predicted octanol–water partition coefficient (Wildman–Crippen LogP) is 6.80. The highest BCUT2D eigenvalue weighted by Gasteiger charge is 2.47. The maximum absolute atomic E-state index is 12.1. The van der Waals surface area contributed by atoms with Gasteiger partial charge in [-0.05, 0) is 87.7 Å². The van der Waals surface area contributed by atoms with Gasteiger partial charge >= 0.3 is 5.97 Å². The summed E-state index contributed by atoms with van der Waals surface area (Å²) in [6, 6.07) is 4.01. The van der Waals surface area contributed by atoms with Crippen molar-refractivity contribution >= 4 is 12.2 Å². The molecular formula is C36H55N2O5+. The molecule has 0 amide bonds. The van der Waals surface area contributed by atoms with Crippen molar-refractivity contribution in [2.24, 2.45) is 34.6 Å². The van der Waals surface area contributed by atoms with Crippen molar-refractivity contribution in [1.29, 1.82) is 0 Å². The second kappa shape index (κ2) is 16.6. The SMILES string of the molecule is CCCCCC1C=CC(CCCCCC(C(=O)O)C(O)CCC2(O)CC(CC3=C[CH+]N=C3)CC2Cc2ccc[nH]2)C(O)C1. The number of carbonyl (C=O) groups is 1. The highest BCUT2D eigenvalue weighted by Crippen LogP contribution is 2.47. The maximum atomic E-state index is 12.1. The van der Waals surface area contributed by atoms with Crippen LogP contribution in [-0.4, -0.2) is 55.4 Å². The largest absolute Gasteiger partial charge is 0.481 e. The number of carboxylic acid groups (broad SMARTS) is 1. The van der Waals surface area contributed by atoms with E-state index in [9.17, 15) is 25.2 Å². The second-order valence-corrected chi connectivity index (χ2v) is 13.7. The van der Waals surface area contributed by atoms with Crippen LogP contribution >= 0.6 is 0 Å². The number of carboxylic acids is 1. The Morgan fingerprint density at radius 2 is 1.95 bits per heavy atom. The van der Waals surface area contributed by atoms with Gasteiger partial charge in [0.25, 0.3) is 0 Å². The minimum atomic E-state index is -0.987. The van der Waals surface area contributed by atoms with Gasteiger partial charge in [-0.3, -0.25) is 4.79 Å². The van der Waals surface area contributed by atoms with Gasteiger partial charge in [-0.1, -0.05) is 57.6 Å². The van der Waals surface area contributed by atoms with E-state index in [-0.39, 0.29) is 24.4 Å². The molecule has 7 nitrogen and oxygen atoms in total. The highest BCUT2D eigenvalue weighted by molar-refractivity contribution is 5.81. The molecule has 0 spiro atoms. The molecule has 1 fully saturated rings. The lowest BCUT2D eigenvalue weighted by molar-refractivity contribution is -0.146. The zero-order valence-electron chi connectivity index (χ0n) is 26.1. The summed E-state index contributed by atoms with van der Waals surface area (Å²) in [7, 11) is 0. The summed E-state index contributed by atoms with van der Waals surface area (Å²) in [6.07, 6.45) is 22.4. The van der Waals surface area contributed by atoms with Crippen LogP contribution in [-0.2, 0) is 11.2 Å². The molecule has 0 saturated heterocycles. The third kappa shape index (κ3) is 10.1. The number of hydrogen-bond donors (Lipinski definition) is 5. The first-order valence-corrected chi connectivity index (χ1v) is 16.9. The van der Waals surface area contributed by atoms with E-state index in [1.165, 1.54) is 24.8 Å². The van der Waals surface area contributed by atoms with Crippen LogP contribution in [0, 0.1) is 36.1 Å². The fourth-order valence-electron chi connectivity index (χ4n) is 7.79. The summed E-state index contributed by atoms with van der Waals surface area (Å²) in [5, 5.41) is 43.5. The minimum absolute atomic E-state index is 0.0466. The molecule has 4 rings (SSSR count). The van der Waals surface area contributed by atoms with Crippen LogP contribution in [0.4, 0.5) is 0 Å². The first-order valence-electron chi connectivity index (χ1n) is 16.9. The van der Waals surface area contributed by atoms with Crippen LogP contribution in [0.15, 0.2) is 47.1 Å². The maximum Gasteiger partial charge on any atom is 0.309 e. The van der Waals surface area contributed by atoms with E-state index < -0.39 is 23.6 Å². The molecule has 5 N–H and O–H groups in total. The molecule has 43 heavy (non-hydrogen) atoms.